The largest absolute Gasteiger partial charge is 0.438 e. The monoisotopic (exact) mass is 492 g/mol. The number of benzene rings is 1. The molecule has 1 aromatic carbocycles. The zero-order valence-electron chi connectivity index (χ0n) is 20.9. The number of halogens is 1. The zero-order valence-corrected chi connectivity index (χ0v) is 21.7. The van der Waals surface area contributed by atoms with Crippen molar-refractivity contribution in [3.8, 4) is 11.6 Å². The summed E-state index contributed by atoms with van der Waals surface area (Å²) in [4.78, 5) is 27.5. The van der Waals surface area contributed by atoms with E-state index in [-0.39, 0.29) is 29.7 Å². The van der Waals surface area contributed by atoms with Crippen LogP contribution in [0.1, 0.15) is 70.2 Å². The highest BCUT2D eigenvalue weighted by Gasteiger charge is 2.15. The molecule has 1 aliphatic carbocycles. The van der Waals surface area contributed by atoms with Gasteiger partial charge in [-0.3, -0.25) is 9.59 Å². The predicted molar refractivity (Wildman–Crippen MR) is 135 cm³/mol. The Morgan fingerprint density at radius 3 is 2.50 bits per heavy atom. The number of pyridine rings is 1. The first-order chi connectivity index (χ1) is 16.4. The second-order valence-corrected chi connectivity index (χ2v) is 8.75. The molecule has 1 heterocycles. The molecule has 1 N–H and O–H groups in total. The minimum absolute atomic E-state index is 0.0180. The number of carbonyl (C=O) groups excluding carboxylic acids is 2. The lowest BCUT2D eigenvalue weighted by Crippen LogP contribution is -2.38. The van der Waals surface area contributed by atoms with Crippen LogP contribution >= 0.6 is 11.8 Å². The van der Waals surface area contributed by atoms with Gasteiger partial charge in [-0.1, -0.05) is 46.1 Å². The van der Waals surface area contributed by atoms with Crippen LogP contribution in [0.3, 0.4) is 0 Å². The van der Waals surface area contributed by atoms with Crippen molar-refractivity contribution >= 4 is 23.5 Å². The Morgan fingerprint density at radius 2 is 1.88 bits per heavy atom. The van der Waals surface area contributed by atoms with Gasteiger partial charge in [0.05, 0.1) is 11.8 Å². The molecule has 8 heteroatoms. The first-order valence-corrected chi connectivity index (χ1v) is 12.8. The first kappa shape index (κ1) is 29.6. The Labute approximate surface area is 207 Å². The lowest BCUT2D eigenvalue weighted by molar-refractivity contribution is -0.125. The van der Waals surface area contributed by atoms with Crippen LogP contribution in [-0.2, 0) is 9.53 Å². The minimum Gasteiger partial charge on any atom is -0.438 e. The highest BCUT2D eigenvalue weighted by Crippen LogP contribution is 2.28. The number of hydrogen-bond donors (Lipinski definition) is 1. The summed E-state index contributed by atoms with van der Waals surface area (Å²) in [7, 11) is 1.54. The molecule has 0 unspecified atom stereocenters. The maximum atomic E-state index is 13.1. The van der Waals surface area contributed by atoms with E-state index in [1.807, 2.05) is 32.0 Å². The van der Waals surface area contributed by atoms with Crippen molar-refractivity contribution in [2.24, 2.45) is 0 Å². The molecule has 1 fully saturated rings. The van der Waals surface area contributed by atoms with Crippen molar-refractivity contribution in [2.45, 2.75) is 70.7 Å². The SMILES string of the molecule is CC.CCSc1cccc(Oc2ncc(F)cc2C(C)=O)c1.COCC(=O)NC1CCCCC1. The fourth-order valence-corrected chi connectivity index (χ4v) is 4.02. The fourth-order valence-electron chi connectivity index (χ4n) is 3.31. The van der Waals surface area contributed by atoms with Gasteiger partial charge < -0.3 is 14.8 Å². The number of ketones is 1. The molecule has 1 amide bonds. The summed E-state index contributed by atoms with van der Waals surface area (Å²) in [6, 6.07) is 9.02. The third kappa shape index (κ3) is 11.1. The molecule has 0 bridgehead atoms. The van der Waals surface area contributed by atoms with Gasteiger partial charge in [0.25, 0.3) is 0 Å². The van der Waals surface area contributed by atoms with Gasteiger partial charge in [0.2, 0.25) is 11.8 Å². The van der Waals surface area contributed by atoms with Crippen molar-refractivity contribution in [3.05, 3.63) is 47.9 Å². The lowest BCUT2D eigenvalue weighted by Gasteiger charge is -2.22. The molecule has 188 valence electrons. The van der Waals surface area contributed by atoms with E-state index in [4.69, 9.17) is 9.47 Å². The molecule has 6 nitrogen and oxygen atoms in total. The van der Waals surface area contributed by atoms with Crippen molar-refractivity contribution in [1.29, 1.82) is 0 Å². The van der Waals surface area contributed by atoms with E-state index in [2.05, 4.69) is 17.2 Å². The molecule has 0 saturated heterocycles. The molecule has 0 aliphatic heterocycles. The number of carbonyl (C=O) groups is 2. The summed E-state index contributed by atoms with van der Waals surface area (Å²) < 4.78 is 23.5. The topological polar surface area (TPSA) is 77.5 Å². The number of methoxy groups -OCH3 is 1. The molecule has 1 saturated carbocycles. The Balaban J connectivity index is 0.000000353. The average molecular weight is 493 g/mol. The van der Waals surface area contributed by atoms with Crippen molar-refractivity contribution in [1.82, 2.24) is 10.3 Å². The van der Waals surface area contributed by atoms with Gasteiger partial charge in [0.15, 0.2) is 5.78 Å². The number of Topliss-reactive ketones (excluding diaryl/α,β-unsaturated/α-hetero) is 1. The smallest absolute Gasteiger partial charge is 0.246 e. The molecule has 1 aromatic heterocycles. The Hall–Kier alpha value is -2.45. The average Bonchev–Trinajstić information content (AvgIpc) is 2.83. The number of rotatable bonds is 8. The Bertz CT molecular complexity index is 889. The zero-order chi connectivity index (χ0) is 25.3. The van der Waals surface area contributed by atoms with Crippen molar-refractivity contribution in [3.63, 3.8) is 0 Å². The summed E-state index contributed by atoms with van der Waals surface area (Å²) in [5.74, 6) is 0.827. The molecule has 0 atom stereocenters. The number of ether oxygens (including phenoxy) is 2. The molecule has 3 rings (SSSR count). The summed E-state index contributed by atoms with van der Waals surface area (Å²) >= 11 is 1.69. The number of aromatic nitrogens is 1. The minimum atomic E-state index is -0.558. The molecular formula is C26H37FN2O4S. The van der Waals surface area contributed by atoms with Crippen molar-refractivity contribution < 1.29 is 23.5 Å². The molecular weight excluding hydrogens is 455 g/mol. The van der Waals surface area contributed by atoms with Crippen LogP contribution in [0.15, 0.2) is 41.4 Å². The highest BCUT2D eigenvalue weighted by molar-refractivity contribution is 7.99. The maximum Gasteiger partial charge on any atom is 0.246 e. The van der Waals surface area contributed by atoms with Gasteiger partial charge >= 0.3 is 0 Å². The standard InChI is InChI=1S/C15H14FNO2S.C9H17NO2.C2H6/c1-3-20-13-6-4-5-12(8-13)19-15-14(10(2)18)7-11(16)9-17-15;1-12-7-9(11)10-8-5-3-2-4-6-8;1-2/h4-9H,3H2,1-2H3;8H,2-7H2,1H3,(H,10,11);1-2H3. The third-order valence-electron chi connectivity index (χ3n) is 4.77. The lowest BCUT2D eigenvalue weighted by atomic mass is 9.95. The van der Waals surface area contributed by atoms with Gasteiger partial charge in [0.1, 0.15) is 18.2 Å². The second-order valence-electron chi connectivity index (χ2n) is 7.41. The number of amides is 1. The molecule has 0 radical (unpaired) electrons. The normalized spacial score (nSPS) is 13.0. The fraction of sp³-hybridized carbons (Fsp3) is 0.500. The first-order valence-electron chi connectivity index (χ1n) is 11.8. The highest BCUT2D eigenvalue weighted by atomic mass is 32.2. The van der Waals surface area contributed by atoms with E-state index in [0.29, 0.717) is 11.8 Å². The van der Waals surface area contributed by atoms with E-state index in [1.165, 1.54) is 26.2 Å². The maximum absolute atomic E-state index is 13.1. The quantitative estimate of drug-likeness (QED) is 0.338. The number of nitrogens with zero attached hydrogens (tertiary/aromatic N) is 1. The van der Waals surface area contributed by atoms with E-state index in [0.717, 1.165) is 35.8 Å². The summed E-state index contributed by atoms with van der Waals surface area (Å²) in [6.45, 7) is 7.61. The Morgan fingerprint density at radius 1 is 1.18 bits per heavy atom. The predicted octanol–water partition coefficient (Wildman–Crippen LogP) is 6.44. The number of nitrogens with one attached hydrogen (secondary N) is 1. The van der Waals surface area contributed by atoms with Gasteiger partial charge in [-0.15, -0.1) is 11.8 Å². The van der Waals surface area contributed by atoms with E-state index >= 15 is 0 Å². The summed E-state index contributed by atoms with van der Waals surface area (Å²) in [6.07, 6.45) is 7.11. The van der Waals surface area contributed by atoms with Crippen molar-refractivity contribution in [2.75, 3.05) is 19.5 Å². The number of hydrogen-bond acceptors (Lipinski definition) is 6. The van der Waals surface area contributed by atoms with E-state index in [9.17, 15) is 14.0 Å². The summed E-state index contributed by atoms with van der Waals surface area (Å²) in [5, 5.41) is 2.96. The van der Waals surface area contributed by atoms with Gasteiger partial charge in [-0.25, -0.2) is 9.37 Å². The van der Waals surface area contributed by atoms with Crippen LogP contribution < -0.4 is 10.1 Å². The number of thioether (sulfide) groups is 1. The van der Waals surface area contributed by atoms with Crippen LogP contribution in [0, 0.1) is 5.82 Å². The van der Waals surface area contributed by atoms with Crippen LogP contribution in [-0.4, -0.2) is 42.2 Å². The van der Waals surface area contributed by atoms with Crippen LogP contribution in [0.2, 0.25) is 0 Å². The third-order valence-corrected chi connectivity index (χ3v) is 5.65. The van der Waals surface area contributed by atoms with Gasteiger partial charge in [-0.05, 0) is 49.8 Å². The molecule has 1 aliphatic rings. The molecule has 0 spiro atoms. The Kier molecular flexibility index (Phi) is 14.8. The summed E-state index contributed by atoms with van der Waals surface area (Å²) in [5.41, 5.74) is 0.138. The molecule has 34 heavy (non-hydrogen) atoms. The van der Waals surface area contributed by atoms with Gasteiger partial charge in [0, 0.05) is 18.0 Å². The molecule has 2 aromatic rings. The van der Waals surface area contributed by atoms with Crippen LogP contribution in [0.4, 0.5) is 4.39 Å². The van der Waals surface area contributed by atoms with Crippen LogP contribution in [0.5, 0.6) is 11.6 Å². The van der Waals surface area contributed by atoms with E-state index < -0.39 is 5.82 Å². The van der Waals surface area contributed by atoms with Crippen LogP contribution in [0.25, 0.3) is 0 Å². The van der Waals surface area contributed by atoms with E-state index in [1.54, 1.807) is 24.9 Å². The van der Waals surface area contributed by atoms with Gasteiger partial charge in [-0.2, -0.15) is 0 Å². The second kappa shape index (κ2) is 17.1.